The van der Waals surface area contributed by atoms with E-state index in [1.165, 1.54) is 12.8 Å². The van der Waals surface area contributed by atoms with Gasteiger partial charge in [0, 0.05) is 17.3 Å². The first kappa shape index (κ1) is 11.4. The Morgan fingerprint density at radius 2 is 2.44 bits per heavy atom. The maximum absolute atomic E-state index is 11.8. The first-order valence-corrected chi connectivity index (χ1v) is 5.95. The summed E-state index contributed by atoms with van der Waals surface area (Å²) in [6.45, 7) is 2.03. The Hall–Kier alpha value is -1.09. The molecule has 0 spiro atoms. The van der Waals surface area contributed by atoms with Gasteiger partial charge >= 0.3 is 0 Å². The molecule has 1 saturated carbocycles. The highest BCUT2D eigenvalue weighted by Gasteiger charge is 2.24. The third-order valence-corrected chi connectivity index (χ3v) is 2.95. The minimum atomic E-state index is -0.143. The van der Waals surface area contributed by atoms with Gasteiger partial charge in [0.05, 0.1) is 0 Å². The number of rotatable bonds is 4. The monoisotopic (exact) mass is 238 g/mol. The molecule has 1 aliphatic carbocycles. The Morgan fingerprint density at radius 3 is 3.06 bits per heavy atom. The Balaban J connectivity index is 1.91. The number of aromatic nitrogens is 1. The van der Waals surface area contributed by atoms with E-state index in [0.717, 1.165) is 12.3 Å². The topological polar surface area (TPSA) is 42.0 Å². The summed E-state index contributed by atoms with van der Waals surface area (Å²) in [6.07, 6.45) is 5.21. The molecule has 4 heteroatoms. The summed E-state index contributed by atoms with van der Waals surface area (Å²) >= 11 is 5.80. The van der Waals surface area contributed by atoms with Crippen molar-refractivity contribution in [3.63, 3.8) is 0 Å². The molecule has 0 bridgehead atoms. The normalized spacial score (nSPS) is 16.9. The van der Waals surface area contributed by atoms with Crippen molar-refractivity contribution in [2.75, 3.05) is 0 Å². The molecule has 0 saturated heterocycles. The minimum absolute atomic E-state index is 0.143. The third-order valence-electron chi connectivity index (χ3n) is 2.72. The van der Waals surface area contributed by atoms with Gasteiger partial charge in [-0.25, -0.2) is 0 Å². The van der Waals surface area contributed by atoms with Crippen LogP contribution in [0.15, 0.2) is 18.3 Å². The van der Waals surface area contributed by atoms with Crippen molar-refractivity contribution >= 4 is 17.5 Å². The van der Waals surface area contributed by atoms with Crippen molar-refractivity contribution in [2.24, 2.45) is 5.92 Å². The molecule has 1 aliphatic rings. The first-order valence-electron chi connectivity index (χ1n) is 5.57. The second-order valence-corrected chi connectivity index (χ2v) is 4.85. The molecule has 1 fully saturated rings. The predicted octanol–water partition coefficient (Wildman–Crippen LogP) is 2.65. The fourth-order valence-electron chi connectivity index (χ4n) is 1.74. The first-order chi connectivity index (χ1) is 7.65. The van der Waals surface area contributed by atoms with Crippen LogP contribution in [-0.2, 0) is 0 Å². The highest BCUT2D eigenvalue weighted by molar-refractivity contribution is 6.30. The largest absolute Gasteiger partial charge is 0.348 e. The summed E-state index contributed by atoms with van der Waals surface area (Å²) in [5.74, 6) is 0.665. The fourth-order valence-corrected chi connectivity index (χ4v) is 1.90. The van der Waals surface area contributed by atoms with Gasteiger partial charge in [0.1, 0.15) is 5.69 Å². The number of pyridine rings is 1. The van der Waals surface area contributed by atoms with E-state index in [1.54, 1.807) is 18.3 Å². The lowest BCUT2D eigenvalue weighted by Crippen LogP contribution is -2.33. The van der Waals surface area contributed by atoms with Crippen molar-refractivity contribution in [1.82, 2.24) is 10.3 Å². The standard InChI is InChI=1S/C12H15ClN2O/c1-8(6-9-2-3-9)15-12(16)11-7-10(13)4-5-14-11/h4-5,7-9H,2-3,6H2,1H3,(H,15,16). The Bertz CT molecular complexity index is 390. The van der Waals surface area contributed by atoms with Gasteiger partial charge in [-0.1, -0.05) is 24.4 Å². The third kappa shape index (κ3) is 3.20. The van der Waals surface area contributed by atoms with Crippen molar-refractivity contribution in [1.29, 1.82) is 0 Å². The van der Waals surface area contributed by atoms with Crippen LogP contribution in [0.4, 0.5) is 0 Å². The van der Waals surface area contributed by atoms with Crippen LogP contribution in [0.5, 0.6) is 0 Å². The smallest absolute Gasteiger partial charge is 0.270 e. The number of carbonyl (C=O) groups excluding carboxylic acids is 1. The molecule has 0 radical (unpaired) electrons. The highest BCUT2D eigenvalue weighted by Crippen LogP contribution is 2.33. The zero-order valence-corrected chi connectivity index (χ0v) is 10.00. The van der Waals surface area contributed by atoms with Crippen LogP contribution in [0.1, 0.15) is 36.7 Å². The van der Waals surface area contributed by atoms with Crippen LogP contribution in [0, 0.1) is 5.92 Å². The SMILES string of the molecule is CC(CC1CC1)NC(=O)c1cc(Cl)ccn1. The van der Waals surface area contributed by atoms with E-state index in [9.17, 15) is 4.79 Å². The second-order valence-electron chi connectivity index (χ2n) is 4.41. The molecule has 2 rings (SSSR count). The lowest BCUT2D eigenvalue weighted by atomic mass is 10.1. The molecule has 1 amide bonds. The van der Waals surface area contributed by atoms with E-state index < -0.39 is 0 Å². The van der Waals surface area contributed by atoms with Gasteiger partial charge in [0.25, 0.3) is 5.91 Å². The number of nitrogens with zero attached hydrogens (tertiary/aromatic N) is 1. The van der Waals surface area contributed by atoms with E-state index in [-0.39, 0.29) is 11.9 Å². The quantitative estimate of drug-likeness (QED) is 0.876. The van der Waals surface area contributed by atoms with E-state index in [2.05, 4.69) is 10.3 Å². The summed E-state index contributed by atoms with van der Waals surface area (Å²) in [6, 6.07) is 3.45. The van der Waals surface area contributed by atoms with Gasteiger partial charge < -0.3 is 5.32 Å². The Morgan fingerprint density at radius 1 is 1.69 bits per heavy atom. The van der Waals surface area contributed by atoms with E-state index in [4.69, 9.17) is 11.6 Å². The number of nitrogens with one attached hydrogen (secondary N) is 1. The molecular weight excluding hydrogens is 224 g/mol. The predicted molar refractivity (Wildman–Crippen MR) is 63.5 cm³/mol. The van der Waals surface area contributed by atoms with Crippen LogP contribution < -0.4 is 5.32 Å². The zero-order chi connectivity index (χ0) is 11.5. The number of hydrogen-bond acceptors (Lipinski definition) is 2. The minimum Gasteiger partial charge on any atom is -0.348 e. The second kappa shape index (κ2) is 4.83. The average molecular weight is 239 g/mol. The van der Waals surface area contributed by atoms with Crippen molar-refractivity contribution in [3.05, 3.63) is 29.0 Å². The van der Waals surface area contributed by atoms with Crippen LogP contribution in [-0.4, -0.2) is 16.9 Å². The lowest BCUT2D eigenvalue weighted by molar-refractivity contribution is 0.0932. The molecular formula is C12H15ClN2O. The van der Waals surface area contributed by atoms with E-state index in [1.807, 2.05) is 6.92 Å². The van der Waals surface area contributed by atoms with E-state index in [0.29, 0.717) is 10.7 Å². The van der Waals surface area contributed by atoms with Gasteiger partial charge in [0.15, 0.2) is 0 Å². The molecule has 86 valence electrons. The van der Waals surface area contributed by atoms with Crippen molar-refractivity contribution in [2.45, 2.75) is 32.2 Å². The summed E-state index contributed by atoms with van der Waals surface area (Å²) in [7, 11) is 0. The van der Waals surface area contributed by atoms with Gasteiger partial charge in [-0.3, -0.25) is 9.78 Å². The molecule has 3 nitrogen and oxygen atoms in total. The molecule has 1 heterocycles. The summed E-state index contributed by atoms with van der Waals surface area (Å²) in [5.41, 5.74) is 0.384. The average Bonchev–Trinajstić information content (AvgIpc) is 3.01. The summed E-state index contributed by atoms with van der Waals surface area (Å²) in [4.78, 5) is 15.8. The lowest BCUT2D eigenvalue weighted by Gasteiger charge is -2.12. The van der Waals surface area contributed by atoms with Crippen LogP contribution in [0.2, 0.25) is 5.02 Å². The molecule has 0 aliphatic heterocycles. The summed E-state index contributed by atoms with van der Waals surface area (Å²) < 4.78 is 0. The number of hydrogen-bond donors (Lipinski definition) is 1. The van der Waals surface area contributed by atoms with Crippen LogP contribution >= 0.6 is 11.6 Å². The van der Waals surface area contributed by atoms with Crippen LogP contribution in [0.25, 0.3) is 0 Å². The molecule has 1 atom stereocenters. The highest BCUT2D eigenvalue weighted by atomic mass is 35.5. The van der Waals surface area contributed by atoms with Gasteiger partial charge in [-0.15, -0.1) is 0 Å². The molecule has 1 aromatic heterocycles. The molecule has 0 aromatic carbocycles. The van der Waals surface area contributed by atoms with Crippen molar-refractivity contribution < 1.29 is 4.79 Å². The molecule has 16 heavy (non-hydrogen) atoms. The fraction of sp³-hybridized carbons (Fsp3) is 0.500. The van der Waals surface area contributed by atoms with E-state index >= 15 is 0 Å². The number of carbonyl (C=O) groups is 1. The van der Waals surface area contributed by atoms with Crippen molar-refractivity contribution in [3.8, 4) is 0 Å². The van der Waals surface area contributed by atoms with Gasteiger partial charge in [-0.05, 0) is 31.4 Å². The Kier molecular flexibility index (Phi) is 3.44. The van der Waals surface area contributed by atoms with Gasteiger partial charge in [-0.2, -0.15) is 0 Å². The summed E-state index contributed by atoms with van der Waals surface area (Å²) in [5, 5.41) is 3.47. The molecule has 1 unspecified atom stereocenters. The molecule has 1 N–H and O–H groups in total. The van der Waals surface area contributed by atoms with Gasteiger partial charge in [0.2, 0.25) is 0 Å². The Labute approximate surface area is 100 Å². The van der Waals surface area contributed by atoms with Crippen LogP contribution in [0.3, 0.4) is 0 Å². The number of halogens is 1. The zero-order valence-electron chi connectivity index (χ0n) is 9.24. The maximum atomic E-state index is 11.8. The molecule has 1 aromatic rings. The maximum Gasteiger partial charge on any atom is 0.270 e. The number of amides is 1.